The minimum atomic E-state index is -0.00564. The highest BCUT2D eigenvalue weighted by Gasteiger charge is 2.18. The first-order valence-electron chi connectivity index (χ1n) is 6.92. The van der Waals surface area contributed by atoms with Crippen molar-refractivity contribution >= 4 is 11.0 Å². The van der Waals surface area contributed by atoms with Crippen LogP contribution in [0.2, 0.25) is 0 Å². The molecule has 0 fully saturated rings. The van der Waals surface area contributed by atoms with E-state index in [4.69, 9.17) is 4.42 Å². The second-order valence-corrected chi connectivity index (χ2v) is 4.94. The topological polar surface area (TPSA) is 38.1 Å². The normalized spacial score (nSPS) is 12.7. The molecule has 1 unspecified atom stereocenters. The third kappa shape index (κ3) is 2.45. The van der Waals surface area contributed by atoms with E-state index in [1.165, 1.54) is 5.56 Å². The first kappa shape index (κ1) is 12.9. The number of hydrogen-bond donors (Lipinski definition) is 1. The molecule has 2 heterocycles. The summed E-state index contributed by atoms with van der Waals surface area (Å²) >= 11 is 0. The molecule has 0 aliphatic heterocycles. The van der Waals surface area contributed by atoms with Crippen LogP contribution in [-0.4, -0.2) is 11.5 Å². The molecular weight excluding hydrogens is 248 g/mol. The zero-order chi connectivity index (χ0) is 13.9. The lowest BCUT2D eigenvalue weighted by molar-refractivity contribution is 0.471. The number of furan rings is 1. The van der Waals surface area contributed by atoms with Crippen molar-refractivity contribution in [1.82, 2.24) is 10.3 Å². The van der Waals surface area contributed by atoms with Gasteiger partial charge in [0, 0.05) is 11.6 Å². The van der Waals surface area contributed by atoms with Crippen molar-refractivity contribution < 1.29 is 4.42 Å². The van der Waals surface area contributed by atoms with Crippen LogP contribution in [0.3, 0.4) is 0 Å². The number of aromatic nitrogens is 1. The molecule has 0 saturated heterocycles. The van der Waals surface area contributed by atoms with Crippen LogP contribution in [0.4, 0.5) is 0 Å². The van der Waals surface area contributed by atoms with E-state index in [1.807, 2.05) is 30.5 Å². The highest BCUT2D eigenvalue weighted by atomic mass is 16.3. The maximum absolute atomic E-state index is 5.99. The van der Waals surface area contributed by atoms with Gasteiger partial charge in [0.15, 0.2) is 0 Å². The lowest BCUT2D eigenvalue weighted by Gasteiger charge is -2.14. The lowest BCUT2D eigenvalue weighted by atomic mass is 10.1. The van der Waals surface area contributed by atoms with Gasteiger partial charge >= 0.3 is 0 Å². The summed E-state index contributed by atoms with van der Waals surface area (Å²) in [6.07, 6.45) is 1.81. The van der Waals surface area contributed by atoms with Crippen LogP contribution in [0.5, 0.6) is 0 Å². The fraction of sp³-hybridized carbons (Fsp3) is 0.235. The van der Waals surface area contributed by atoms with Crippen LogP contribution in [0.1, 0.15) is 30.0 Å². The second-order valence-electron chi connectivity index (χ2n) is 4.94. The smallest absolute Gasteiger partial charge is 0.134 e. The number of pyridine rings is 1. The van der Waals surface area contributed by atoms with Crippen LogP contribution in [0, 0.1) is 6.92 Å². The van der Waals surface area contributed by atoms with Gasteiger partial charge in [0.25, 0.3) is 0 Å². The summed E-state index contributed by atoms with van der Waals surface area (Å²) in [5.74, 6) is 0.908. The first-order valence-corrected chi connectivity index (χ1v) is 6.92. The highest BCUT2D eigenvalue weighted by molar-refractivity contribution is 5.78. The molecule has 2 aromatic heterocycles. The number of fused-ring (bicyclic) bond motifs is 1. The van der Waals surface area contributed by atoms with Crippen molar-refractivity contribution in [2.24, 2.45) is 0 Å². The molecule has 0 spiro atoms. The Hall–Kier alpha value is -2.13. The van der Waals surface area contributed by atoms with Crippen LogP contribution >= 0.6 is 0 Å². The Morgan fingerprint density at radius 1 is 1.20 bits per heavy atom. The van der Waals surface area contributed by atoms with Crippen molar-refractivity contribution in [3.63, 3.8) is 0 Å². The maximum Gasteiger partial charge on any atom is 0.134 e. The minimum absolute atomic E-state index is 0.00564. The summed E-state index contributed by atoms with van der Waals surface area (Å²) in [5, 5.41) is 4.57. The summed E-state index contributed by atoms with van der Waals surface area (Å²) in [7, 11) is 0. The zero-order valence-electron chi connectivity index (χ0n) is 11.8. The Balaban J connectivity index is 2.05. The predicted octanol–water partition coefficient (Wildman–Crippen LogP) is 3.84. The third-order valence-corrected chi connectivity index (χ3v) is 3.37. The summed E-state index contributed by atoms with van der Waals surface area (Å²) < 4.78 is 5.99. The SMILES string of the molecule is CCNC(c1ccccn1)c1cc2cc(C)ccc2o1. The number of rotatable bonds is 4. The molecule has 3 aromatic rings. The van der Waals surface area contributed by atoms with Gasteiger partial charge in [0.1, 0.15) is 17.4 Å². The van der Waals surface area contributed by atoms with Gasteiger partial charge in [0.2, 0.25) is 0 Å². The Kier molecular flexibility index (Phi) is 3.52. The Morgan fingerprint density at radius 3 is 2.85 bits per heavy atom. The largest absolute Gasteiger partial charge is 0.459 e. The number of nitrogens with one attached hydrogen (secondary N) is 1. The summed E-state index contributed by atoms with van der Waals surface area (Å²) in [6, 6.07) is 14.3. The number of aryl methyl sites for hydroxylation is 1. The zero-order valence-corrected chi connectivity index (χ0v) is 11.8. The molecule has 3 nitrogen and oxygen atoms in total. The maximum atomic E-state index is 5.99. The van der Waals surface area contributed by atoms with Crippen LogP contribution < -0.4 is 5.32 Å². The highest BCUT2D eigenvalue weighted by Crippen LogP contribution is 2.27. The molecule has 20 heavy (non-hydrogen) atoms. The lowest BCUT2D eigenvalue weighted by Crippen LogP contribution is -2.22. The summed E-state index contributed by atoms with van der Waals surface area (Å²) in [4.78, 5) is 4.44. The molecule has 0 saturated carbocycles. The molecule has 0 bridgehead atoms. The average Bonchev–Trinajstić information content (AvgIpc) is 2.88. The van der Waals surface area contributed by atoms with Crippen LogP contribution in [0.15, 0.2) is 53.1 Å². The van der Waals surface area contributed by atoms with E-state index in [1.54, 1.807) is 0 Å². The molecule has 102 valence electrons. The van der Waals surface area contributed by atoms with Gasteiger partial charge in [-0.3, -0.25) is 4.98 Å². The minimum Gasteiger partial charge on any atom is -0.459 e. The number of benzene rings is 1. The average molecular weight is 266 g/mol. The Labute approximate surface area is 118 Å². The number of hydrogen-bond acceptors (Lipinski definition) is 3. The van der Waals surface area contributed by atoms with Crippen molar-refractivity contribution in [2.75, 3.05) is 6.54 Å². The standard InChI is InChI=1S/C17H18N2O/c1-3-18-17(14-6-4-5-9-19-14)16-11-13-10-12(2)7-8-15(13)20-16/h4-11,17-18H,3H2,1-2H3. The van der Waals surface area contributed by atoms with E-state index in [-0.39, 0.29) is 6.04 Å². The molecule has 0 radical (unpaired) electrons. The fourth-order valence-corrected chi connectivity index (χ4v) is 2.43. The molecule has 1 atom stereocenters. The molecule has 0 aliphatic rings. The van der Waals surface area contributed by atoms with Crippen molar-refractivity contribution in [2.45, 2.75) is 19.9 Å². The Morgan fingerprint density at radius 2 is 2.10 bits per heavy atom. The summed E-state index contributed by atoms with van der Waals surface area (Å²) in [6.45, 7) is 5.03. The van der Waals surface area contributed by atoms with E-state index < -0.39 is 0 Å². The Bertz CT molecular complexity index is 703. The molecule has 1 aromatic carbocycles. The predicted molar refractivity (Wildman–Crippen MR) is 80.7 cm³/mol. The van der Waals surface area contributed by atoms with Crippen molar-refractivity contribution in [3.8, 4) is 0 Å². The molecule has 3 heteroatoms. The first-order chi connectivity index (χ1) is 9.78. The van der Waals surface area contributed by atoms with Crippen molar-refractivity contribution in [3.05, 3.63) is 65.7 Å². The molecule has 1 N–H and O–H groups in total. The van der Waals surface area contributed by atoms with E-state index in [0.717, 1.165) is 29.0 Å². The van der Waals surface area contributed by atoms with Crippen LogP contribution in [0.25, 0.3) is 11.0 Å². The van der Waals surface area contributed by atoms with Gasteiger partial charge in [-0.2, -0.15) is 0 Å². The molecule has 0 aliphatic carbocycles. The number of nitrogens with zero attached hydrogens (tertiary/aromatic N) is 1. The van der Waals surface area contributed by atoms with Gasteiger partial charge in [0.05, 0.1) is 5.69 Å². The van der Waals surface area contributed by atoms with Gasteiger partial charge in [-0.25, -0.2) is 0 Å². The monoisotopic (exact) mass is 266 g/mol. The van der Waals surface area contributed by atoms with Gasteiger partial charge in [-0.05, 0) is 43.8 Å². The van der Waals surface area contributed by atoms with Crippen LogP contribution in [-0.2, 0) is 0 Å². The fourth-order valence-electron chi connectivity index (χ4n) is 2.43. The van der Waals surface area contributed by atoms with E-state index in [9.17, 15) is 0 Å². The molecule has 0 amide bonds. The van der Waals surface area contributed by atoms with E-state index in [2.05, 4.69) is 42.3 Å². The molecule has 3 rings (SSSR count). The van der Waals surface area contributed by atoms with Gasteiger partial charge in [-0.1, -0.05) is 24.6 Å². The quantitative estimate of drug-likeness (QED) is 0.779. The van der Waals surface area contributed by atoms with E-state index in [0.29, 0.717) is 0 Å². The van der Waals surface area contributed by atoms with E-state index >= 15 is 0 Å². The second kappa shape index (κ2) is 5.47. The van der Waals surface area contributed by atoms with Crippen molar-refractivity contribution in [1.29, 1.82) is 0 Å². The molecular formula is C17H18N2O. The van der Waals surface area contributed by atoms with Gasteiger partial charge < -0.3 is 9.73 Å². The summed E-state index contributed by atoms with van der Waals surface area (Å²) in [5.41, 5.74) is 3.14. The third-order valence-electron chi connectivity index (χ3n) is 3.37. The van der Waals surface area contributed by atoms with Gasteiger partial charge in [-0.15, -0.1) is 0 Å².